The fourth-order valence-corrected chi connectivity index (χ4v) is 2.29. The molecule has 18 heavy (non-hydrogen) atoms. The number of cyclic esters (lactones) is 1. The molecule has 1 aliphatic heterocycles. The molecule has 0 unspecified atom stereocenters. The Morgan fingerprint density at radius 3 is 2.44 bits per heavy atom. The Morgan fingerprint density at radius 1 is 1.33 bits per heavy atom. The molecule has 1 N–H and O–H groups in total. The highest BCUT2D eigenvalue weighted by Crippen LogP contribution is 2.36. The number of hydrogen-bond donors (Lipinski definition) is 1. The van der Waals surface area contributed by atoms with Gasteiger partial charge >= 0.3 is 6.09 Å². The summed E-state index contributed by atoms with van der Waals surface area (Å²) in [4.78, 5) is 11.0. The van der Waals surface area contributed by atoms with E-state index in [2.05, 4.69) is 21.2 Å². The molecule has 2 rings (SSSR count). The largest absolute Gasteiger partial charge is 0.493 e. The molecule has 1 heterocycles. The van der Waals surface area contributed by atoms with Crippen LogP contribution in [0.1, 0.15) is 11.6 Å². The first kappa shape index (κ1) is 14.9. The highest BCUT2D eigenvalue weighted by Gasteiger charge is 2.26. The van der Waals surface area contributed by atoms with Gasteiger partial charge in [-0.1, -0.05) is 15.9 Å². The van der Waals surface area contributed by atoms with Crippen LogP contribution in [0, 0.1) is 0 Å². The lowest BCUT2D eigenvalue weighted by Gasteiger charge is -2.14. The number of halogens is 2. The lowest BCUT2D eigenvalue weighted by atomic mass is 10.1. The van der Waals surface area contributed by atoms with Crippen molar-refractivity contribution in [3.8, 4) is 11.5 Å². The Kier molecular flexibility index (Phi) is 5.10. The van der Waals surface area contributed by atoms with Crippen LogP contribution >= 0.6 is 28.3 Å². The fraction of sp³-hybridized carbons (Fsp3) is 0.364. The van der Waals surface area contributed by atoms with Gasteiger partial charge < -0.3 is 19.5 Å². The first-order valence-electron chi connectivity index (χ1n) is 5.00. The summed E-state index contributed by atoms with van der Waals surface area (Å²) in [5.41, 5.74) is 0.897. The van der Waals surface area contributed by atoms with E-state index in [1.54, 1.807) is 20.3 Å². The van der Waals surface area contributed by atoms with Crippen molar-refractivity contribution in [2.24, 2.45) is 0 Å². The normalized spacial score (nSPS) is 17.5. The number of nitrogens with one attached hydrogen (secondary N) is 1. The van der Waals surface area contributed by atoms with Crippen LogP contribution in [0.3, 0.4) is 0 Å². The van der Waals surface area contributed by atoms with E-state index in [0.717, 1.165) is 10.0 Å². The highest BCUT2D eigenvalue weighted by atomic mass is 79.9. The van der Waals surface area contributed by atoms with E-state index in [1.807, 2.05) is 6.07 Å². The summed E-state index contributed by atoms with van der Waals surface area (Å²) < 4.78 is 16.1. The van der Waals surface area contributed by atoms with E-state index < -0.39 is 6.09 Å². The number of carbonyl (C=O) groups excluding carboxylic acids is 1. The highest BCUT2D eigenvalue weighted by molar-refractivity contribution is 9.10. The van der Waals surface area contributed by atoms with E-state index >= 15 is 0 Å². The van der Waals surface area contributed by atoms with E-state index in [0.29, 0.717) is 18.1 Å². The molecule has 5 nitrogen and oxygen atoms in total. The van der Waals surface area contributed by atoms with Crippen LogP contribution in [0.25, 0.3) is 0 Å². The molecule has 0 aliphatic carbocycles. The Labute approximate surface area is 119 Å². The molecular weight excluding hydrogens is 325 g/mol. The maximum atomic E-state index is 11.0. The molecule has 1 aromatic carbocycles. The Bertz CT molecular complexity index is 455. The van der Waals surface area contributed by atoms with Crippen LogP contribution in [-0.4, -0.2) is 26.9 Å². The monoisotopic (exact) mass is 337 g/mol. The predicted octanol–water partition coefficient (Wildman–Crippen LogP) is 2.67. The van der Waals surface area contributed by atoms with Gasteiger partial charge in [0, 0.05) is 4.47 Å². The second-order valence-electron chi connectivity index (χ2n) is 3.52. The second-order valence-corrected chi connectivity index (χ2v) is 4.38. The lowest BCUT2D eigenvalue weighted by Crippen LogP contribution is -2.18. The summed E-state index contributed by atoms with van der Waals surface area (Å²) in [6.07, 6.45) is -0.406. The van der Waals surface area contributed by atoms with Crippen molar-refractivity contribution in [3.63, 3.8) is 0 Å². The topological polar surface area (TPSA) is 56.8 Å². The summed E-state index contributed by atoms with van der Waals surface area (Å²) in [6, 6.07) is 3.46. The minimum Gasteiger partial charge on any atom is -0.493 e. The molecule has 0 saturated carbocycles. The van der Waals surface area contributed by atoms with Crippen molar-refractivity contribution in [1.29, 1.82) is 0 Å². The number of hydrogen-bond acceptors (Lipinski definition) is 4. The Hall–Kier alpha value is -1.14. The number of alkyl carbamates (subject to hydrolysis) is 1. The molecule has 0 spiro atoms. The van der Waals surface area contributed by atoms with Crippen LogP contribution in [0.5, 0.6) is 11.5 Å². The van der Waals surface area contributed by atoms with Gasteiger partial charge in [-0.15, -0.1) is 12.4 Å². The molecule has 1 amide bonds. The molecule has 1 atom stereocenters. The van der Waals surface area contributed by atoms with Gasteiger partial charge in [-0.25, -0.2) is 4.79 Å². The SMILES string of the molecule is COc1cc(Br)c([C@H]2COC(=O)N2)cc1OC.Cl. The summed E-state index contributed by atoms with van der Waals surface area (Å²) in [5, 5.41) is 2.71. The number of amides is 1. The van der Waals surface area contributed by atoms with E-state index in [-0.39, 0.29) is 18.4 Å². The number of ether oxygens (including phenoxy) is 3. The third-order valence-electron chi connectivity index (χ3n) is 2.55. The van der Waals surface area contributed by atoms with Crippen molar-refractivity contribution in [3.05, 3.63) is 22.2 Å². The molecular formula is C11H13BrClNO4. The summed E-state index contributed by atoms with van der Waals surface area (Å²) in [5.74, 6) is 1.25. The molecule has 1 aliphatic rings. The van der Waals surface area contributed by atoms with Gasteiger partial charge in [0.25, 0.3) is 0 Å². The van der Waals surface area contributed by atoms with Crippen molar-refractivity contribution in [2.45, 2.75) is 6.04 Å². The first-order valence-corrected chi connectivity index (χ1v) is 5.79. The molecule has 1 fully saturated rings. The van der Waals surface area contributed by atoms with Gasteiger partial charge in [-0.3, -0.25) is 0 Å². The summed E-state index contributed by atoms with van der Waals surface area (Å²) in [6.45, 7) is 0.312. The van der Waals surface area contributed by atoms with Gasteiger partial charge in [0.2, 0.25) is 0 Å². The van der Waals surface area contributed by atoms with Gasteiger partial charge in [-0.05, 0) is 17.7 Å². The van der Waals surface area contributed by atoms with Crippen molar-refractivity contribution >= 4 is 34.4 Å². The minimum atomic E-state index is -0.406. The van der Waals surface area contributed by atoms with Crippen LogP contribution in [0.15, 0.2) is 16.6 Å². The second kappa shape index (κ2) is 6.15. The maximum absolute atomic E-state index is 11.0. The molecule has 0 bridgehead atoms. The standard InChI is InChI=1S/C11H12BrNO4.ClH/c1-15-9-3-6(7(12)4-10(9)16-2)8-5-17-11(14)13-8;/h3-4,8H,5H2,1-2H3,(H,13,14);1H/t8-;/m1./s1. The fourth-order valence-electron chi connectivity index (χ4n) is 1.69. The minimum absolute atomic E-state index is 0. The number of rotatable bonds is 3. The predicted molar refractivity (Wildman–Crippen MR) is 71.7 cm³/mol. The smallest absolute Gasteiger partial charge is 0.407 e. The molecule has 1 saturated heterocycles. The van der Waals surface area contributed by atoms with Crippen LogP contribution in [0.2, 0.25) is 0 Å². The molecule has 7 heteroatoms. The van der Waals surface area contributed by atoms with E-state index in [9.17, 15) is 4.79 Å². The zero-order chi connectivity index (χ0) is 12.4. The average Bonchev–Trinajstić information content (AvgIpc) is 2.75. The number of methoxy groups -OCH3 is 2. The average molecular weight is 339 g/mol. The Morgan fingerprint density at radius 2 is 1.94 bits per heavy atom. The first-order chi connectivity index (χ1) is 8.15. The number of benzene rings is 1. The van der Waals surface area contributed by atoms with Crippen LogP contribution in [0.4, 0.5) is 4.79 Å². The Balaban J connectivity index is 0.00000162. The van der Waals surface area contributed by atoms with Crippen molar-refractivity contribution in [1.82, 2.24) is 5.32 Å². The zero-order valence-corrected chi connectivity index (χ0v) is 12.3. The molecule has 0 aromatic heterocycles. The maximum Gasteiger partial charge on any atom is 0.407 e. The van der Waals surface area contributed by atoms with Gasteiger partial charge in [0.15, 0.2) is 11.5 Å². The summed E-state index contributed by atoms with van der Waals surface area (Å²) >= 11 is 3.44. The van der Waals surface area contributed by atoms with E-state index in [1.165, 1.54) is 0 Å². The molecule has 0 radical (unpaired) electrons. The number of carbonyl (C=O) groups is 1. The molecule has 1 aromatic rings. The third-order valence-corrected chi connectivity index (χ3v) is 3.24. The zero-order valence-electron chi connectivity index (χ0n) is 9.86. The van der Waals surface area contributed by atoms with Crippen LogP contribution in [-0.2, 0) is 4.74 Å². The summed E-state index contributed by atoms with van der Waals surface area (Å²) in [7, 11) is 3.14. The van der Waals surface area contributed by atoms with E-state index in [4.69, 9.17) is 14.2 Å². The lowest BCUT2D eigenvalue weighted by molar-refractivity contribution is 0.177. The van der Waals surface area contributed by atoms with Crippen molar-refractivity contribution < 1.29 is 19.0 Å². The molecule has 100 valence electrons. The van der Waals surface area contributed by atoms with Crippen LogP contribution < -0.4 is 14.8 Å². The third kappa shape index (κ3) is 2.81. The van der Waals surface area contributed by atoms with Gasteiger partial charge in [0.05, 0.1) is 20.3 Å². The van der Waals surface area contributed by atoms with Crippen molar-refractivity contribution in [2.75, 3.05) is 20.8 Å². The quantitative estimate of drug-likeness (QED) is 0.920. The van der Waals surface area contributed by atoms with Gasteiger partial charge in [0.1, 0.15) is 6.61 Å². The van der Waals surface area contributed by atoms with Gasteiger partial charge in [-0.2, -0.15) is 0 Å².